The summed E-state index contributed by atoms with van der Waals surface area (Å²) < 4.78 is 6.60. The summed E-state index contributed by atoms with van der Waals surface area (Å²) in [7, 11) is 0. The Morgan fingerprint density at radius 3 is 2.75 bits per heavy atom. The molecule has 1 amide bonds. The second-order valence-corrected chi connectivity index (χ2v) is 7.43. The van der Waals surface area contributed by atoms with Crippen LogP contribution in [-0.4, -0.2) is 20.7 Å². The molecular formula is C16H18N4O3S. The van der Waals surface area contributed by atoms with Crippen LogP contribution in [-0.2, 0) is 16.8 Å². The first kappa shape index (κ1) is 16.4. The molecule has 0 fully saturated rings. The van der Waals surface area contributed by atoms with Gasteiger partial charge in [-0.2, -0.15) is 0 Å². The number of hydrogen-bond donors (Lipinski definition) is 1. The molecule has 2 heterocycles. The minimum absolute atomic E-state index is 0.107. The quantitative estimate of drug-likeness (QED) is 0.784. The number of carbonyl (C=O) groups is 1. The van der Waals surface area contributed by atoms with E-state index in [1.165, 1.54) is 15.9 Å². The van der Waals surface area contributed by atoms with Crippen molar-refractivity contribution in [2.75, 3.05) is 5.32 Å². The number of rotatable bonds is 4. The lowest BCUT2D eigenvalue weighted by molar-refractivity contribution is -0.116. The Balaban J connectivity index is 1.66. The van der Waals surface area contributed by atoms with E-state index in [-0.39, 0.29) is 24.3 Å². The number of aryl methyl sites for hydroxylation is 1. The van der Waals surface area contributed by atoms with Gasteiger partial charge < -0.3 is 9.73 Å². The first-order chi connectivity index (χ1) is 11.3. The van der Waals surface area contributed by atoms with Gasteiger partial charge in [0.25, 0.3) is 0 Å². The normalized spacial score (nSPS) is 11.8. The smallest absolute Gasteiger partial charge is 0.408 e. The van der Waals surface area contributed by atoms with Crippen LogP contribution in [0.2, 0.25) is 0 Å². The van der Waals surface area contributed by atoms with Crippen LogP contribution in [0, 0.1) is 0 Å². The highest BCUT2D eigenvalue weighted by atomic mass is 32.1. The molecule has 0 saturated carbocycles. The molecule has 2 aromatic heterocycles. The average molecular weight is 346 g/mol. The van der Waals surface area contributed by atoms with Crippen LogP contribution in [0.5, 0.6) is 0 Å². The number of hydrogen-bond acceptors (Lipinski definition) is 6. The highest BCUT2D eigenvalue weighted by Gasteiger charge is 2.20. The zero-order valence-corrected chi connectivity index (χ0v) is 14.5. The molecule has 0 radical (unpaired) electrons. The molecule has 0 spiro atoms. The standard InChI is InChI=1S/C16H18N4O3S/c1-16(2,3)13-18-19-14(24-13)17-12(21)8-9-20-10-6-4-5-7-11(10)23-15(20)22/h4-7H,8-9H2,1-3H3,(H,17,19,21). The molecule has 0 unspecified atom stereocenters. The van der Waals surface area contributed by atoms with Crippen LogP contribution in [0.15, 0.2) is 33.5 Å². The zero-order chi connectivity index (χ0) is 17.3. The molecular weight excluding hydrogens is 328 g/mol. The van der Waals surface area contributed by atoms with E-state index < -0.39 is 5.76 Å². The molecule has 3 aromatic rings. The van der Waals surface area contributed by atoms with E-state index in [4.69, 9.17) is 4.42 Å². The summed E-state index contributed by atoms with van der Waals surface area (Å²) in [5.74, 6) is -0.682. The van der Waals surface area contributed by atoms with Crippen molar-refractivity contribution in [2.45, 2.75) is 39.2 Å². The lowest BCUT2D eigenvalue weighted by Crippen LogP contribution is -2.19. The first-order valence-corrected chi connectivity index (χ1v) is 8.38. The number of benzene rings is 1. The van der Waals surface area contributed by atoms with Gasteiger partial charge in [-0.25, -0.2) is 4.79 Å². The lowest BCUT2D eigenvalue weighted by Gasteiger charge is -2.12. The molecule has 24 heavy (non-hydrogen) atoms. The molecule has 1 aromatic carbocycles. The first-order valence-electron chi connectivity index (χ1n) is 7.57. The SMILES string of the molecule is CC(C)(C)c1nnc(NC(=O)CCn2c(=O)oc3ccccc32)s1. The fourth-order valence-electron chi connectivity index (χ4n) is 2.20. The minimum Gasteiger partial charge on any atom is -0.408 e. The molecule has 0 aliphatic rings. The summed E-state index contributed by atoms with van der Waals surface area (Å²) in [4.78, 5) is 24.0. The largest absolute Gasteiger partial charge is 0.419 e. The summed E-state index contributed by atoms with van der Waals surface area (Å²) in [6, 6.07) is 7.13. The molecule has 3 rings (SSSR count). The summed E-state index contributed by atoms with van der Waals surface area (Å²) in [6.07, 6.45) is 0.147. The van der Waals surface area contributed by atoms with Gasteiger partial charge in [-0.3, -0.25) is 9.36 Å². The van der Waals surface area contributed by atoms with Crippen molar-refractivity contribution in [3.8, 4) is 0 Å². The second-order valence-electron chi connectivity index (χ2n) is 6.45. The number of fused-ring (bicyclic) bond motifs is 1. The van der Waals surface area contributed by atoms with E-state index in [1.807, 2.05) is 26.8 Å². The second kappa shape index (κ2) is 6.20. The number of oxazole rings is 1. The van der Waals surface area contributed by atoms with Crippen LogP contribution in [0.25, 0.3) is 11.1 Å². The van der Waals surface area contributed by atoms with Gasteiger partial charge in [0.2, 0.25) is 11.0 Å². The third-order valence-electron chi connectivity index (χ3n) is 3.45. The van der Waals surface area contributed by atoms with Gasteiger partial charge in [0.15, 0.2) is 5.58 Å². The Hall–Kier alpha value is -2.48. The van der Waals surface area contributed by atoms with Crippen LogP contribution in [0.3, 0.4) is 0 Å². The zero-order valence-electron chi connectivity index (χ0n) is 13.7. The molecule has 0 aliphatic carbocycles. The highest BCUT2D eigenvalue weighted by molar-refractivity contribution is 7.15. The molecule has 0 bridgehead atoms. The van der Waals surface area contributed by atoms with Crippen LogP contribution >= 0.6 is 11.3 Å². The third-order valence-corrected chi connectivity index (χ3v) is 4.71. The Kier molecular flexibility index (Phi) is 4.23. The van der Waals surface area contributed by atoms with Gasteiger partial charge in [-0.15, -0.1) is 10.2 Å². The van der Waals surface area contributed by atoms with Crippen molar-refractivity contribution in [2.24, 2.45) is 0 Å². The molecule has 7 nitrogen and oxygen atoms in total. The van der Waals surface area contributed by atoms with Crippen LogP contribution in [0.1, 0.15) is 32.2 Å². The minimum atomic E-state index is -0.463. The molecule has 126 valence electrons. The van der Waals surface area contributed by atoms with Crippen LogP contribution in [0.4, 0.5) is 5.13 Å². The number of anilines is 1. The summed E-state index contributed by atoms with van der Waals surface area (Å²) in [6.45, 7) is 6.35. The fourth-order valence-corrected chi connectivity index (χ4v) is 3.02. The molecule has 8 heteroatoms. The summed E-state index contributed by atoms with van der Waals surface area (Å²) >= 11 is 1.36. The van der Waals surface area contributed by atoms with Gasteiger partial charge in [0.1, 0.15) is 5.01 Å². The Morgan fingerprint density at radius 1 is 1.29 bits per heavy atom. The topological polar surface area (TPSA) is 90.0 Å². The molecule has 0 aliphatic heterocycles. The van der Waals surface area contributed by atoms with Crippen molar-refractivity contribution in [3.05, 3.63) is 39.8 Å². The van der Waals surface area contributed by atoms with Gasteiger partial charge in [0.05, 0.1) is 5.52 Å². The van der Waals surface area contributed by atoms with Crippen molar-refractivity contribution < 1.29 is 9.21 Å². The van der Waals surface area contributed by atoms with E-state index >= 15 is 0 Å². The van der Waals surface area contributed by atoms with Gasteiger partial charge >= 0.3 is 5.76 Å². The molecule has 0 saturated heterocycles. The maximum absolute atomic E-state index is 12.1. The lowest BCUT2D eigenvalue weighted by atomic mass is 9.98. The predicted molar refractivity (Wildman–Crippen MR) is 92.3 cm³/mol. The van der Waals surface area contributed by atoms with E-state index in [9.17, 15) is 9.59 Å². The maximum Gasteiger partial charge on any atom is 0.419 e. The van der Waals surface area contributed by atoms with Crippen molar-refractivity contribution in [1.29, 1.82) is 0 Å². The van der Waals surface area contributed by atoms with Crippen molar-refractivity contribution >= 4 is 33.5 Å². The fraction of sp³-hybridized carbons (Fsp3) is 0.375. The summed E-state index contributed by atoms with van der Waals surface area (Å²) in [5.41, 5.74) is 1.09. The van der Waals surface area contributed by atoms with Crippen molar-refractivity contribution in [1.82, 2.24) is 14.8 Å². The number of para-hydroxylation sites is 2. The Bertz CT molecular complexity index is 933. The van der Waals surface area contributed by atoms with Gasteiger partial charge in [-0.05, 0) is 12.1 Å². The predicted octanol–water partition coefficient (Wildman–Crippen LogP) is 2.77. The number of amides is 1. The Labute approximate surface area is 142 Å². The van der Waals surface area contributed by atoms with Crippen LogP contribution < -0.4 is 11.1 Å². The number of aromatic nitrogens is 3. The van der Waals surface area contributed by atoms with E-state index in [0.29, 0.717) is 16.2 Å². The van der Waals surface area contributed by atoms with E-state index in [2.05, 4.69) is 15.5 Å². The van der Waals surface area contributed by atoms with E-state index in [1.54, 1.807) is 18.2 Å². The average Bonchev–Trinajstić information content (AvgIpc) is 3.09. The molecule has 0 atom stereocenters. The maximum atomic E-state index is 12.1. The summed E-state index contributed by atoms with van der Waals surface area (Å²) in [5, 5.41) is 12.1. The number of nitrogens with zero attached hydrogens (tertiary/aromatic N) is 3. The molecule has 1 N–H and O–H groups in total. The van der Waals surface area contributed by atoms with Crippen molar-refractivity contribution in [3.63, 3.8) is 0 Å². The number of nitrogens with one attached hydrogen (secondary N) is 1. The monoisotopic (exact) mass is 346 g/mol. The van der Waals surface area contributed by atoms with Gasteiger partial charge in [0, 0.05) is 18.4 Å². The van der Waals surface area contributed by atoms with E-state index in [0.717, 1.165) is 5.01 Å². The Morgan fingerprint density at radius 2 is 2.04 bits per heavy atom. The van der Waals surface area contributed by atoms with Gasteiger partial charge in [-0.1, -0.05) is 44.2 Å². The highest BCUT2D eigenvalue weighted by Crippen LogP contribution is 2.27. The number of carbonyl (C=O) groups excluding carboxylic acids is 1. The third kappa shape index (κ3) is 3.38.